The zero-order valence-corrected chi connectivity index (χ0v) is 10.8. The highest BCUT2D eigenvalue weighted by molar-refractivity contribution is 8.00. The van der Waals surface area contributed by atoms with E-state index >= 15 is 0 Å². The van der Waals surface area contributed by atoms with Gasteiger partial charge in [0.15, 0.2) is 0 Å². The lowest BCUT2D eigenvalue weighted by atomic mass is 10.0. The third-order valence-corrected chi connectivity index (χ3v) is 4.14. The molecule has 2 aliphatic heterocycles. The standard InChI is InChI=1S/C13H14N2O2S/c16-12-7-18-8-13(17)15(12)10-3-4-11-9(6-10)2-1-5-14-11/h3-4,6,14H,1-2,5,7-8H2. The molecule has 2 aliphatic rings. The number of aryl methyl sites for hydroxylation is 1. The lowest BCUT2D eigenvalue weighted by Crippen LogP contribution is -2.43. The molecular weight excluding hydrogens is 248 g/mol. The lowest BCUT2D eigenvalue weighted by molar-refractivity contribution is -0.124. The molecule has 0 radical (unpaired) electrons. The number of thioether (sulfide) groups is 1. The maximum atomic E-state index is 11.8. The van der Waals surface area contributed by atoms with Gasteiger partial charge in [0.25, 0.3) is 0 Å². The van der Waals surface area contributed by atoms with Crippen LogP contribution in [0.1, 0.15) is 12.0 Å². The minimum atomic E-state index is -0.111. The van der Waals surface area contributed by atoms with Crippen LogP contribution in [0.25, 0.3) is 0 Å². The van der Waals surface area contributed by atoms with Crippen molar-refractivity contribution in [2.45, 2.75) is 12.8 Å². The number of carbonyl (C=O) groups excluding carboxylic acids is 2. The van der Waals surface area contributed by atoms with E-state index in [1.807, 2.05) is 18.2 Å². The van der Waals surface area contributed by atoms with E-state index in [1.54, 1.807) is 0 Å². The highest BCUT2D eigenvalue weighted by atomic mass is 32.2. The Bertz CT molecular complexity index is 500. The average Bonchev–Trinajstić information content (AvgIpc) is 2.38. The SMILES string of the molecule is O=C1CSCC(=O)N1c1ccc2c(c1)CCCN2. The van der Waals surface area contributed by atoms with E-state index in [2.05, 4.69) is 5.32 Å². The number of hydrogen-bond donors (Lipinski definition) is 1. The predicted octanol–water partition coefficient (Wildman–Crippen LogP) is 1.65. The first kappa shape index (κ1) is 11.6. The van der Waals surface area contributed by atoms with E-state index in [-0.39, 0.29) is 11.8 Å². The number of hydrogen-bond acceptors (Lipinski definition) is 4. The molecule has 1 aromatic carbocycles. The van der Waals surface area contributed by atoms with E-state index in [9.17, 15) is 9.59 Å². The molecule has 2 heterocycles. The van der Waals surface area contributed by atoms with Gasteiger partial charge >= 0.3 is 0 Å². The molecule has 0 aromatic heterocycles. The molecule has 1 saturated heterocycles. The zero-order valence-electron chi connectivity index (χ0n) is 9.94. The fourth-order valence-corrected chi connectivity index (χ4v) is 3.09. The number of carbonyl (C=O) groups is 2. The number of benzene rings is 1. The van der Waals surface area contributed by atoms with Gasteiger partial charge in [0.1, 0.15) is 0 Å². The Hall–Kier alpha value is -1.49. The van der Waals surface area contributed by atoms with Crippen LogP contribution in [0.5, 0.6) is 0 Å². The van der Waals surface area contributed by atoms with Crippen molar-refractivity contribution >= 4 is 35.0 Å². The van der Waals surface area contributed by atoms with Crippen molar-refractivity contribution in [1.82, 2.24) is 0 Å². The summed E-state index contributed by atoms with van der Waals surface area (Å²) in [5, 5.41) is 3.32. The molecule has 94 valence electrons. The number of rotatable bonds is 1. The Morgan fingerprint density at radius 1 is 1.17 bits per heavy atom. The normalized spacial score (nSPS) is 19.4. The van der Waals surface area contributed by atoms with Crippen molar-refractivity contribution < 1.29 is 9.59 Å². The summed E-state index contributed by atoms with van der Waals surface area (Å²) in [7, 11) is 0. The first-order valence-corrected chi connectivity index (χ1v) is 7.21. The second-order valence-electron chi connectivity index (χ2n) is 4.49. The second kappa shape index (κ2) is 4.65. The molecule has 0 atom stereocenters. The molecule has 5 heteroatoms. The van der Waals surface area contributed by atoms with Gasteiger partial charge in [-0.2, -0.15) is 0 Å². The van der Waals surface area contributed by atoms with Crippen LogP contribution >= 0.6 is 11.8 Å². The van der Waals surface area contributed by atoms with Crippen molar-refractivity contribution in [3.8, 4) is 0 Å². The van der Waals surface area contributed by atoms with Crippen LogP contribution in [0.2, 0.25) is 0 Å². The van der Waals surface area contributed by atoms with E-state index in [4.69, 9.17) is 0 Å². The molecule has 2 amide bonds. The summed E-state index contributed by atoms with van der Waals surface area (Å²) >= 11 is 1.39. The van der Waals surface area contributed by atoms with Crippen molar-refractivity contribution in [2.24, 2.45) is 0 Å². The van der Waals surface area contributed by atoms with Crippen LogP contribution < -0.4 is 10.2 Å². The summed E-state index contributed by atoms with van der Waals surface area (Å²) in [6.07, 6.45) is 2.09. The highest BCUT2D eigenvalue weighted by Crippen LogP contribution is 2.29. The van der Waals surface area contributed by atoms with Crippen molar-refractivity contribution in [1.29, 1.82) is 0 Å². The molecule has 0 saturated carbocycles. The Morgan fingerprint density at radius 2 is 1.94 bits per heavy atom. The third kappa shape index (κ3) is 1.99. The van der Waals surface area contributed by atoms with Gasteiger partial charge in [-0.05, 0) is 36.6 Å². The zero-order chi connectivity index (χ0) is 12.5. The maximum absolute atomic E-state index is 11.8. The van der Waals surface area contributed by atoms with E-state index in [1.165, 1.54) is 22.2 Å². The van der Waals surface area contributed by atoms with E-state index < -0.39 is 0 Å². The number of nitrogens with zero attached hydrogens (tertiary/aromatic N) is 1. The minimum absolute atomic E-state index is 0.111. The van der Waals surface area contributed by atoms with Crippen molar-refractivity contribution in [2.75, 3.05) is 28.3 Å². The van der Waals surface area contributed by atoms with Crippen LogP contribution in [0.15, 0.2) is 18.2 Å². The molecule has 4 nitrogen and oxygen atoms in total. The molecular formula is C13H14N2O2S. The highest BCUT2D eigenvalue weighted by Gasteiger charge is 2.28. The average molecular weight is 262 g/mol. The first-order chi connectivity index (χ1) is 8.75. The molecule has 0 unspecified atom stereocenters. The van der Waals surface area contributed by atoms with Gasteiger partial charge in [-0.3, -0.25) is 9.59 Å². The summed E-state index contributed by atoms with van der Waals surface area (Å²) in [6.45, 7) is 0.991. The Morgan fingerprint density at radius 3 is 2.72 bits per heavy atom. The van der Waals surface area contributed by atoms with Gasteiger partial charge < -0.3 is 5.32 Å². The molecule has 0 spiro atoms. The smallest absolute Gasteiger partial charge is 0.243 e. The Balaban J connectivity index is 1.96. The lowest BCUT2D eigenvalue weighted by Gasteiger charge is -2.26. The predicted molar refractivity (Wildman–Crippen MR) is 73.1 cm³/mol. The van der Waals surface area contributed by atoms with Crippen LogP contribution in [-0.2, 0) is 16.0 Å². The summed E-state index contributed by atoms with van der Waals surface area (Å²) in [5.74, 6) is 0.558. The van der Waals surface area contributed by atoms with Crippen LogP contribution in [-0.4, -0.2) is 29.9 Å². The third-order valence-electron chi connectivity index (χ3n) is 3.24. The molecule has 0 bridgehead atoms. The number of anilines is 2. The van der Waals surface area contributed by atoms with Crippen LogP contribution in [0.4, 0.5) is 11.4 Å². The number of fused-ring (bicyclic) bond motifs is 1. The monoisotopic (exact) mass is 262 g/mol. The molecule has 1 aromatic rings. The largest absolute Gasteiger partial charge is 0.385 e. The fourth-order valence-electron chi connectivity index (χ4n) is 2.38. The van der Waals surface area contributed by atoms with E-state index in [0.717, 1.165) is 25.1 Å². The molecule has 1 N–H and O–H groups in total. The number of amides is 2. The molecule has 18 heavy (non-hydrogen) atoms. The van der Waals surface area contributed by atoms with Crippen molar-refractivity contribution in [3.63, 3.8) is 0 Å². The second-order valence-corrected chi connectivity index (χ2v) is 5.47. The molecule has 1 fully saturated rings. The van der Waals surface area contributed by atoms with Gasteiger partial charge in [0.2, 0.25) is 11.8 Å². The van der Waals surface area contributed by atoms with Gasteiger partial charge in [-0.25, -0.2) is 4.90 Å². The maximum Gasteiger partial charge on any atom is 0.243 e. The summed E-state index contributed by atoms with van der Waals surface area (Å²) in [6, 6.07) is 5.78. The van der Waals surface area contributed by atoms with E-state index in [0.29, 0.717) is 17.2 Å². The number of nitrogens with one attached hydrogen (secondary N) is 1. The van der Waals surface area contributed by atoms with Gasteiger partial charge in [-0.1, -0.05) is 0 Å². The summed E-state index contributed by atoms with van der Waals surface area (Å²) < 4.78 is 0. The van der Waals surface area contributed by atoms with Crippen LogP contribution in [0.3, 0.4) is 0 Å². The fraction of sp³-hybridized carbons (Fsp3) is 0.385. The topological polar surface area (TPSA) is 49.4 Å². The summed E-state index contributed by atoms with van der Waals surface area (Å²) in [5.41, 5.74) is 3.03. The first-order valence-electron chi connectivity index (χ1n) is 6.06. The van der Waals surface area contributed by atoms with Gasteiger partial charge in [-0.15, -0.1) is 11.8 Å². The summed E-state index contributed by atoms with van der Waals surface area (Å²) in [4.78, 5) is 25.0. The van der Waals surface area contributed by atoms with Crippen LogP contribution in [0, 0.1) is 0 Å². The van der Waals surface area contributed by atoms with Gasteiger partial charge in [0.05, 0.1) is 17.2 Å². The number of imide groups is 1. The Labute approximate surface area is 110 Å². The quantitative estimate of drug-likeness (QED) is 0.782. The van der Waals surface area contributed by atoms with Gasteiger partial charge in [0, 0.05) is 12.2 Å². The van der Waals surface area contributed by atoms with Crippen molar-refractivity contribution in [3.05, 3.63) is 23.8 Å². The minimum Gasteiger partial charge on any atom is -0.385 e. The molecule has 3 rings (SSSR count). The molecule has 0 aliphatic carbocycles. The Kier molecular flexibility index (Phi) is 2.99.